The molecule has 5 heteroatoms. The molecule has 0 radical (unpaired) electrons. The second-order valence-corrected chi connectivity index (χ2v) is 8.09. The highest BCUT2D eigenvalue weighted by atomic mass is 127. The van der Waals surface area contributed by atoms with Gasteiger partial charge in [0.2, 0.25) is 0 Å². The molecule has 0 saturated heterocycles. The maximum absolute atomic E-state index is 6.27. The van der Waals surface area contributed by atoms with Gasteiger partial charge in [-0.15, -0.1) is 11.3 Å². The first-order chi connectivity index (χ1) is 8.60. The molecule has 1 aromatic heterocycles. The zero-order chi connectivity index (χ0) is 13.1. The Morgan fingerprint density at radius 2 is 2.22 bits per heavy atom. The quantitative estimate of drug-likeness (QED) is 0.618. The van der Waals surface area contributed by atoms with Gasteiger partial charge in [0.15, 0.2) is 0 Å². The minimum atomic E-state index is 0.309. The highest BCUT2D eigenvalue weighted by molar-refractivity contribution is 14.1. The van der Waals surface area contributed by atoms with Gasteiger partial charge in [-0.25, -0.2) is 0 Å². The number of nitrogens with one attached hydrogen (secondary N) is 1. The number of benzene rings is 1. The Bertz CT molecular complexity index is 544. The number of hydrogen-bond acceptors (Lipinski definition) is 2. The zero-order valence-corrected chi connectivity index (χ0v) is 15.0. The molecule has 0 aliphatic heterocycles. The maximum Gasteiger partial charge on any atom is 0.0656 e. The van der Waals surface area contributed by atoms with Gasteiger partial charge in [0.25, 0.3) is 0 Å². The first-order valence-electron chi connectivity index (χ1n) is 5.45. The van der Waals surface area contributed by atoms with E-state index in [0.29, 0.717) is 6.04 Å². The summed E-state index contributed by atoms with van der Waals surface area (Å²) in [5, 5.41) is 6.37. The van der Waals surface area contributed by atoms with Crippen molar-refractivity contribution < 1.29 is 0 Å². The molecule has 0 aliphatic carbocycles. The minimum absolute atomic E-state index is 0.309. The number of rotatable bonds is 4. The molecule has 1 aromatic carbocycles. The van der Waals surface area contributed by atoms with Crippen LogP contribution in [-0.4, -0.2) is 7.05 Å². The predicted molar refractivity (Wildman–Crippen MR) is 91.7 cm³/mol. The van der Waals surface area contributed by atoms with Gasteiger partial charge in [-0.05, 0) is 70.8 Å². The molecule has 0 fully saturated rings. The topological polar surface area (TPSA) is 12.0 Å². The average molecular weight is 457 g/mol. The first-order valence-corrected chi connectivity index (χ1v) is 8.58. The molecule has 2 aromatic rings. The summed E-state index contributed by atoms with van der Waals surface area (Å²) in [6.07, 6.45) is 0.898. The van der Waals surface area contributed by atoms with E-state index in [4.69, 9.17) is 11.6 Å². The van der Waals surface area contributed by atoms with Crippen molar-refractivity contribution in [3.63, 3.8) is 0 Å². The Labute approximate surface area is 138 Å². The molecular weight excluding hydrogens is 444 g/mol. The Balaban J connectivity index is 2.20. The number of thiophene rings is 1. The van der Waals surface area contributed by atoms with E-state index in [1.165, 1.54) is 14.0 Å². The van der Waals surface area contributed by atoms with E-state index in [-0.39, 0.29) is 0 Å². The van der Waals surface area contributed by atoms with Gasteiger partial charge >= 0.3 is 0 Å². The van der Waals surface area contributed by atoms with Crippen LogP contribution in [0.4, 0.5) is 0 Å². The van der Waals surface area contributed by atoms with Gasteiger partial charge in [0, 0.05) is 15.5 Å². The lowest BCUT2D eigenvalue weighted by Crippen LogP contribution is -2.18. The fourth-order valence-corrected chi connectivity index (χ4v) is 3.98. The van der Waals surface area contributed by atoms with E-state index >= 15 is 0 Å². The Morgan fingerprint density at radius 1 is 1.44 bits per heavy atom. The number of likely N-dealkylation sites (N-methyl/N-ethyl adjacent to an activating group) is 1. The standard InChI is InChI=1S/C13H12BrClINS/c1-17-12(9-5-13(16)18-7-9)4-8-2-3-10(14)6-11(8)15/h2-3,5-7,12,17H,4H2,1H3. The largest absolute Gasteiger partial charge is 0.313 e. The van der Waals surface area contributed by atoms with Crippen LogP contribution in [0, 0.1) is 2.88 Å². The molecule has 1 nitrogen and oxygen atoms in total. The van der Waals surface area contributed by atoms with Crippen LogP contribution in [0.2, 0.25) is 5.02 Å². The van der Waals surface area contributed by atoms with E-state index in [2.05, 4.69) is 61.4 Å². The molecule has 0 bridgehead atoms. The van der Waals surface area contributed by atoms with Crippen LogP contribution in [0.5, 0.6) is 0 Å². The number of halogens is 3. The van der Waals surface area contributed by atoms with Crippen molar-refractivity contribution >= 4 is 61.5 Å². The monoisotopic (exact) mass is 455 g/mol. The normalized spacial score (nSPS) is 12.7. The van der Waals surface area contributed by atoms with Crippen molar-refractivity contribution in [2.75, 3.05) is 7.05 Å². The average Bonchev–Trinajstić information content (AvgIpc) is 2.75. The van der Waals surface area contributed by atoms with Crippen LogP contribution < -0.4 is 5.32 Å². The third-order valence-corrected chi connectivity index (χ3v) is 5.43. The molecule has 0 saturated carbocycles. The van der Waals surface area contributed by atoms with Crippen molar-refractivity contribution in [1.82, 2.24) is 5.32 Å². The van der Waals surface area contributed by atoms with Crippen LogP contribution in [0.15, 0.2) is 34.1 Å². The van der Waals surface area contributed by atoms with Gasteiger partial charge in [-0.2, -0.15) is 0 Å². The second kappa shape index (κ2) is 6.70. The Morgan fingerprint density at radius 3 is 2.78 bits per heavy atom. The molecule has 1 heterocycles. The molecule has 0 aliphatic rings. The van der Waals surface area contributed by atoms with Crippen molar-refractivity contribution in [3.05, 3.63) is 53.2 Å². The summed E-state index contributed by atoms with van der Waals surface area (Å²) in [5.41, 5.74) is 2.49. The van der Waals surface area contributed by atoms with Crippen molar-refractivity contribution in [2.24, 2.45) is 0 Å². The Kier molecular flexibility index (Phi) is 5.50. The van der Waals surface area contributed by atoms with Gasteiger partial charge in [0.1, 0.15) is 0 Å². The second-order valence-electron chi connectivity index (χ2n) is 3.97. The molecule has 18 heavy (non-hydrogen) atoms. The summed E-state index contributed by atoms with van der Waals surface area (Å²) in [5.74, 6) is 0. The predicted octanol–water partition coefficient (Wildman–Crippen LogP) is 5.27. The van der Waals surface area contributed by atoms with Crippen molar-refractivity contribution in [2.45, 2.75) is 12.5 Å². The highest BCUT2D eigenvalue weighted by Crippen LogP contribution is 2.28. The zero-order valence-electron chi connectivity index (χ0n) is 9.71. The van der Waals surface area contributed by atoms with E-state index in [1.54, 1.807) is 11.3 Å². The van der Waals surface area contributed by atoms with Crippen LogP contribution in [0.1, 0.15) is 17.2 Å². The molecule has 1 atom stereocenters. The van der Waals surface area contributed by atoms with E-state index in [9.17, 15) is 0 Å². The van der Waals surface area contributed by atoms with Crippen LogP contribution in [0.25, 0.3) is 0 Å². The molecular formula is C13H12BrClINS. The molecule has 1 N–H and O–H groups in total. The lowest BCUT2D eigenvalue weighted by atomic mass is 10.0. The maximum atomic E-state index is 6.27. The first kappa shape index (κ1) is 14.8. The van der Waals surface area contributed by atoms with Crippen LogP contribution in [-0.2, 0) is 6.42 Å². The van der Waals surface area contributed by atoms with Crippen molar-refractivity contribution in [3.8, 4) is 0 Å². The summed E-state index contributed by atoms with van der Waals surface area (Å²) >= 11 is 13.8. The molecule has 96 valence electrons. The third kappa shape index (κ3) is 3.70. The summed E-state index contributed by atoms with van der Waals surface area (Å²) in [4.78, 5) is 0. The van der Waals surface area contributed by atoms with E-state index in [1.807, 2.05) is 19.2 Å². The van der Waals surface area contributed by atoms with Crippen LogP contribution >= 0.6 is 61.5 Å². The van der Waals surface area contributed by atoms with Gasteiger partial charge in [-0.1, -0.05) is 33.6 Å². The fourth-order valence-electron chi connectivity index (χ4n) is 1.80. The van der Waals surface area contributed by atoms with Crippen molar-refractivity contribution in [1.29, 1.82) is 0 Å². The third-order valence-electron chi connectivity index (χ3n) is 2.78. The molecule has 1 unspecified atom stereocenters. The van der Waals surface area contributed by atoms with E-state index < -0.39 is 0 Å². The molecule has 0 amide bonds. The minimum Gasteiger partial charge on any atom is -0.313 e. The highest BCUT2D eigenvalue weighted by Gasteiger charge is 2.13. The Hall–Kier alpha value is 0.380. The lowest BCUT2D eigenvalue weighted by molar-refractivity contribution is 0.594. The SMILES string of the molecule is CNC(Cc1ccc(Br)cc1Cl)c1csc(I)c1. The van der Waals surface area contributed by atoms with Gasteiger partial charge in [-0.3, -0.25) is 0 Å². The summed E-state index contributed by atoms with van der Waals surface area (Å²) in [6.45, 7) is 0. The van der Waals surface area contributed by atoms with Crippen LogP contribution in [0.3, 0.4) is 0 Å². The van der Waals surface area contributed by atoms with Gasteiger partial charge < -0.3 is 5.32 Å². The summed E-state index contributed by atoms with van der Waals surface area (Å²) in [6, 6.07) is 8.59. The van der Waals surface area contributed by atoms with E-state index in [0.717, 1.165) is 15.9 Å². The smallest absolute Gasteiger partial charge is 0.0656 e. The summed E-state index contributed by atoms with van der Waals surface area (Å²) < 4.78 is 2.33. The number of hydrogen-bond donors (Lipinski definition) is 1. The molecule has 0 spiro atoms. The summed E-state index contributed by atoms with van der Waals surface area (Å²) in [7, 11) is 1.99. The van der Waals surface area contributed by atoms with Gasteiger partial charge in [0.05, 0.1) is 2.88 Å². The molecule has 2 rings (SSSR count). The fraction of sp³-hybridized carbons (Fsp3) is 0.231. The lowest BCUT2D eigenvalue weighted by Gasteiger charge is -2.16.